The Balaban J connectivity index is 2.15. The van der Waals surface area contributed by atoms with Crippen LogP contribution in [0.3, 0.4) is 0 Å². The van der Waals surface area contributed by atoms with E-state index in [0.29, 0.717) is 12.1 Å². The summed E-state index contributed by atoms with van der Waals surface area (Å²) >= 11 is 0. The second kappa shape index (κ2) is 5.95. The van der Waals surface area contributed by atoms with Crippen LogP contribution in [0.4, 0.5) is 4.79 Å². The van der Waals surface area contributed by atoms with Gasteiger partial charge < -0.3 is 10.6 Å². The third-order valence-corrected chi connectivity index (χ3v) is 3.50. The maximum Gasteiger partial charge on any atom is 0.325 e. The zero-order valence-electron chi connectivity index (χ0n) is 12.2. The summed E-state index contributed by atoms with van der Waals surface area (Å²) in [5.41, 5.74) is -0.427. The van der Waals surface area contributed by atoms with Crippen molar-refractivity contribution in [1.29, 1.82) is 0 Å². The second-order valence-electron chi connectivity index (χ2n) is 5.16. The fraction of sp³-hybridized carbons (Fsp3) is 0.400. The minimum Gasteiger partial charge on any atom is -0.355 e. The first-order valence-electron chi connectivity index (χ1n) is 6.95. The van der Waals surface area contributed by atoms with Crippen LogP contribution in [-0.4, -0.2) is 35.8 Å². The summed E-state index contributed by atoms with van der Waals surface area (Å²) in [6.45, 7) is 3.85. The third-order valence-electron chi connectivity index (χ3n) is 3.50. The van der Waals surface area contributed by atoms with Crippen molar-refractivity contribution in [3.8, 4) is 0 Å². The average molecular weight is 289 g/mol. The molecule has 0 aliphatic carbocycles. The molecule has 0 radical (unpaired) electrons. The van der Waals surface area contributed by atoms with Gasteiger partial charge in [0.25, 0.3) is 5.91 Å². The first-order chi connectivity index (χ1) is 9.99. The maximum atomic E-state index is 12.5. The van der Waals surface area contributed by atoms with Crippen LogP contribution in [0.1, 0.15) is 25.8 Å². The van der Waals surface area contributed by atoms with Gasteiger partial charge in [-0.1, -0.05) is 37.3 Å². The summed E-state index contributed by atoms with van der Waals surface area (Å²) in [5, 5.41) is 5.32. The topological polar surface area (TPSA) is 78.5 Å². The number of nitrogens with one attached hydrogen (secondary N) is 2. The molecule has 0 spiro atoms. The van der Waals surface area contributed by atoms with Crippen molar-refractivity contribution < 1.29 is 14.4 Å². The lowest BCUT2D eigenvalue weighted by atomic mass is 9.92. The molecule has 21 heavy (non-hydrogen) atoms. The molecular formula is C15H19N3O3. The summed E-state index contributed by atoms with van der Waals surface area (Å²) in [4.78, 5) is 37.2. The number of imide groups is 1. The van der Waals surface area contributed by atoms with E-state index < -0.39 is 17.5 Å². The Kier molecular flexibility index (Phi) is 4.26. The number of hydrogen-bond donors (Lipinski definition) is 2. The molecule has 0 bridgehead atoms. The zero-order valence-corrected chi connectivity index (χ0v) is 12.2. The molecular weight excluding hydrogens is 270 g/mol. The van der Waals surface area contributed by atoms with Gasteiger partial charge in [0, 0.05) is 6.54 Å². The van der Waals surface area contributed by atoms with Gasteiger partial charge in [-0.15, -0.1) is 0 Å². The molecule has 1 aliphatic heterocycles. The number of urea groups is 1. The minimum absolute atomic E-state index is 0.257. The Morgan fingerprint density at radius 1 is 1.29 bits per heavy atom. The van der Waals surface area contributed by atoms with E-state index in [4.69, 9.17) is 0 Å². The van der Waals surface area contributed by atoms with Crippen LogP contribution in [0, 0.1) is 0 Å². The molecule has 112 valence electrons. The molecule has 2 N–H and O–H groups in total. The normalized spacial score (nSPS) is 21.3. The summed E-state index contributed by atoms with van der Waals surface area (Å²) in [5.74, 6) is -0.747. The molecule has 1 heterocycles. The highest BCUT2D eigenvalue weighted by Gasteiger charge is 2.49. The third kappa shape index (κ3) is 2.89. The van der Waals surface area contributed by atoms with Crippen LogP contribution in [0.5, 0.6) is 0 Å². The number of carbonyl (C=O) groups excluding carboxylic acids is 3. The van der Waals surface area contributed by atoms with Gasteiger partial charge in [-0.05, 0) is 18.9 Å². The number of carbonyl (C=O) groups is 3. The number of rotatable bonds is 5. The second-order valence-corrected chi connectivity index (χ2v) is 5.16. The van der Waals surface area contributed by atoms with Crippen molar-refractivity contribution >= 4 is 17.8 Å². The predicted molar refractivity (Wildman–Crippen MR) is 77.3 cm³/mol. The number of benzene rings is 1. The van der Waals surface area contributed by atoms with Gasteiger partial charge in [0.05, 0.1) is 0 Å². The van der Waals surface area contributed by atoms with Crippen LogP contribution in [0.2, 0.25) is 0 Å². The Labute approximate surface area is 123 Å². The lowest BCUT2D eigenvalue weighted by Crippen LogP contribution is -2.43. The van der Waals surface area contributed by atoms with Crippen LogP contribution in [-0.2, 0) is 15.1 Å². The number of amides is 4. The first-order valence-corrected chi connectivity index (χ1v) is 6.95. The fourth-order valence-corrected chi connectivity index (χ4v) is 2.27. The smallest absolute Gasteiger partial charge is 0.325 e. The minimum atomic E-state index is -1.12. The molecule has 1 aliphatic rings. The van der Waals surface area contributed by atoms with E-state index in [1.807, 2.05) is 13.0 Å². The quantitative estimate of drug-likeness (QED) is 0.793. The van der Waals surface area contributed by atoms with Crippen LogP contribution < -0.4 is 10.6 Å². The largest absolute Gasteiger partial charge is 0.355 e. The van der Waals surface area contributed by atoms with Gasteiger partial charge >= 0.3 is 6.03 Å². The van der Waals surface area contributed by atoms with E-state index >= 15 is 0 Å². The monoisotopic (exact) mass is 289 g/mol. The van der Waals surface area contributed by atoms with Crippen LogP contribution in [0.25, 0.3) is 0 Å². The highest BCUT2D eigenvalue weighted by atomic mass is 16.2. The average Bonchev–Trinajstić information content (AvgIpc) is 2.70. The molecule has 1 saturated heterocycles. The Bertz CT molecular complexity index is 559. The van der Waals surface area contributed by atoms with Crippen molar-refractivity contribution in [3.05, 3.63) is 35.9 Å². The SMILES string of the molecule is CCCNC(=O)CN1C(=O)NC(C)(c2ccccc2)C1=O. The van der Waals surface area contributed by atoms with Crippen molar-refractivity contribution in [2.45, 2.75) is 25.8 Å². The molecule has 0 saturated carbocycles. The van der Waals surface area contributed by atoms with Crippen molar-refractivity contribution in [1.82, 2.24) is 15.5 Å². The molecule has 0 aromatic heterocycles. The summed E-state index contributed by atoms with van der Waals surface area (Å²) in [7, 11) is 0. The van der Waals surface area contributed by atoms with Gasteiger partial charge in [0.15, 0.2) is 0 Å². The Hall–Kier alpha value is -2.37. The lowest BCUT2D eigenvalue weighted by molar-refractivity contribution is -0.134. The molecule has 1 atom stereocenters. The van der Waals surface area contributed by atoms with Gasteiger partial charge in [-0.3, -0.25) is 14.5 Å². The van der Waals surface area contributed by atoms with Crippen LogP contribution >= 0.6 is 0 Å². The molecule has 1 unspecified atom stereocenters. The summed E-state index contributed by atoms with van der Waals surface area (Å²) in [6.07, 6.45) is 0.799. The Morgan fingerprint density at radius 3 is 2.57 bits per heavy atom. The number of nitrogens with zero attached hydrogens (tertiary/aromatic N) is 1. The Morgan fingerprint density at radius 2 is 1.95 bits per heavy atom. The van der Waals surface area contributed by atoms with Crippen molar-refractivity contribution in [2.75, 3.05) is 13.1 Å². The van der Waals surface area contributed by atoms with Crippen molar-refractivity contribution in [3.63, 3.8) is 0 Å². The summed E-state index contributed by atoms with van der Waals surface area (Å²) < 4.78 is 0. The maximum absolute atomic E-state index is 12.5. The van der Waals surface area contributed by atoms with Gasteiger partial charge in [-0.2, -0.15) is 0 Å². The molecule has 1 fully saturated rings. The highest BCUT2D eigenvalue weighted by Crippen LogP contribution is 2.28. The van der Waals surface area contributed by atoms with Gasteiger partial charge in [-0.25, -0.2) is 4.79 Å². The molecule has 2 rings (SSSR count). The predicted octanol–water partition coefficient (Wildman–Crippen LogP) is 0.980. The van der Waals surface area contributed by atoms with E-state index in [1.54, 1.807) is 31.2 Å². The van der Waals surface area contributed by atoms with Crippen molar-refractivity contribution in [2.24, 2.45) is 0 Å². The zero-order chi connectivity index (χ0) is 15.5. The first kappa shape index (κ1) is 15.0. The summed E-state index contributed by atoms with van der Waals surface area (Å²) in [6, 6.07) is 8.45. The number of hydrogen-bond acceptors (Lipinski definition) is 3. The highest BCUT2D eigenvalue weighted by molar-refractivity contribution is 6.09. The van der Waals surface area contributed by atoms with E-state index in [9.17, 15) is 14.4 Å². The van der Waals surface area contributed by atoms with Crippen LogP contribution in [0.15, 0.2) is 30.3 Å². The van der Waals surface area contributed by atoms with E-state index in [-0.39, 0.29) is 12.5 Å². The van der Waals surface area contributed by atoms with E-state index in [2.05, 4.69) is 10.6 Å². The standard InChI is InChI=1S/C15H19N3O3/c1-3-9-16-12(19)10-18-13(20)15(2,17-14(18)21)11-7-5-4-6-8-11/h4-8H,3,9-10H2,1-2H3,(H,16,19)(H,17,21). The molecule has 4 amide bonds. The molecule has 1 aromatic rings. The van der Waals surface area contributed by atoms with E-state index in [1.165, 1.54) is 0 Å². The van der Waals surface area contributed by atoms with E-state index in [0.717, 1.165) is 11.3 Å². The lowest BCUT2D eigenvalue weighted by Gasteiger charge is -2.22. The fourth-order valence-electron chi connectivity index (χ4n) is 2.27. The van der Waals surface area contributed by atoms with Gasteiger partial charge in [0.2, 0.25) is 5.91 Å². The van der Waals surface area contributed by atoms with Gasteiger partial charge in [0.1, 0.15) is 12.1 Å². The molecule has 1 aromatic carbocycles. The molecule has 6 heteroatoms. The molecule has 6 nitrogen and oxygen atoms in total.